The fourth-order valence-electron chi connectivity index (χ4n) is 3.74. The summed E-state index contributed by atoms with van der Waals surface area (Å²) in [6, 6.07) is 19.5. The molecule has 1 aliphatic carbocycles. The molecule has 0 spiro atoms. The second kappa shape index (κ2) is 8.70. The van der Waals surface area contributed by atoms with Crippen molar-refractivity contribution < 1.29 is 9.59 Å². The number of fused-ring (bicyclic) bond motifs is 1. The average Bonchev–Trinajstić information content (AvgIpc) is 3.17. The molecule has 3 aromatic carbocycles. The Morgan fingerprint density at radius 3 is 2.55 bits per heavy atom. The van der Waals surface area contributed by atoms with E-state index < -0.39 is 0 Å². The summed E-state index contributed by atoms with van der Waals surface area (Å²) in [6.45, 7) is 0. The third-order valence-electron chi connectivity index (χ3n) is 5.51. The second-order valence-corrected chi connectivity index (χ2v) is 7.97. The predicted octanol–water partition coefficient (Wildman–Crippen LogP) is 5.01. The van der Waals surface area contributed by atoms with Crippen molar-refractivity contribution in [2.45, 2.75) is 18.9 Å². The Kier molecular flexibility index (Phi) is 5.82. The SMILES string of the molecule is CN(C(=O)NC1CCc2cc(C(=O)Nc3ccccc3N)ccc21)c1ccc(Cl)cc1. The van der Waals surface area contributed by atoms with Gasteiger partial charge in [-0.3, -0.25) is 9.69 Å². The first-order valence-electron chi connectivity index (χ1n) is 10.0. The van der Waals surface area contributed by atoms with Crippen molar-refractivity contribution in [2.75, 3.05) is 23.0 Å². The van der Waals surface area contributed by atoms with Crippen LogP contribution in [-0.2, 0) is 6.42 Å². The van der Waals surface area contributed by atoms with Gasteiger partial charge in [0.15, 0.2) is 0 Å². The fourth-order valence-corrected chi connectivity index (χ4v) is 3.87. The Bertz CT molecular complexity index is 1130. The van der Waals surface area contributed by atoms with Crippen LogP contribution in [0.1, 0.15) is 33.9 Å². The summed E-state index contributed by atoms with van der Waals surface area (Å²) in [6.07, 6.45) is 1.58. The van der Waals surface area contributed by atoms with Crippen molar-refractivity contribution in [3.8, 4) is 0 Å². The lowest BCUT2D eigenvalue weighted by atomic mass is 10.0. The van der Waals surface area contributed by atoms with Crippen LogP contribution in [0.2, 0.25) is 5.02 Å². The molecule has 0 radical (unpaired) electrons. The summed E-state index contributed by atoms with van der Waals surface area (Å²) in [7, 11) is 1.72. The van der Waals surface area contributed by atoms with Crippen molar-refractivity contribution in [2.24, 2.45) is 0 Å². The normalized spacial score (nSPS) is 14.6. The maximum Gasteiger partial charge on any atom is 0.322 e. The number of halogens is 1. The van der Waals surface area contributed by atoms with Gasteiger partial charge in [0.2, 0.25) is 0 Å². The number of anilines is 3. The van der Waals surface area contributed by atoms with E-state index in [-0.39, 0.29) is 18.0 Å². The summed E-state index contributed by atoms with van der Waals surface area (Å²) >= 11 is 5.92. The molecule has 1 atom stereocenters. The first-order chi connectivity index (χ1) is 14.9. The highest BCUT2D eigenvalue weighted by Crippen LogP contribution is 2.32. The number of carbonyl (C=O) groups is 2. The number of nitrogens with one attached hydrogen (secondary N) is 2. The molecule has 31 heavy (non-hydrogen) atoms. The van der Waals surface area contributed by atoms with E-state index in [1.54, 1.807) is 54.4 Å². The van der Waals surface area contributed by atoms with Crippen LogP contribution in [0.3, 0.4) is 0 Å². The molecule has 0 fully saturated rings. The van der Waals surface area contributed by atoms with Gasteiger partial charge in [-0.1, -0.05) is 29.8 Å². The van der Waals surface area contributed by atoms with Crippen molar-refractivity contribution in [3.05, 3.63) is 88.4 Å². The molecule has 158 valence electrons. The zero-order valence-electron chi connectivity index (χ0n) is 17.1. The zero-order valence-corrected chi connectivity index (χ0v) is 17.8. The minimum Gasteiger partial charge on any atom is -0.397 e. The van der Waals surface area contributed by atoms with E-state index in [9.17, 15) is 9.59 Å². The quantitative estimate of drug-likeness (QED) is 0.504. The molecular weight excluding hydrogens is 412 g/mol. The molecule has 7 heteroatoms. The molecule has 3 amide bonds. The first-order valence-corrected chi connectivity index (χ1v) is 10.4. The van der Waals surface area contributed by atoms with E-state index in [1.165, 1.54) is 0 Å². The van der Waals surface area contributed by atoms with Crippen molar-refractivity contribution in [3.63, 3.8) is 0 Å². The number of urea groups is 1. The molecule has 4 rings (SSSR count). The van der Waals surface area contributed by atoms with Crippen LogP contribution in [0.5, 0.6) is 0 Å². The number of para-hydroxylation sites is 2. The molecule has 6 nitrogen and oxygen atoms in total. The molecule has 1 unspecified atom stereocenters. The molecule has 0 saturated heterocycles. The van der Waals surface area contributed by atoms with Gasteiger partial charge in [0.25, 0.3) is 5.91 Å². The average molecular weight is 435 g/mol. The highest BCUT2D eigenvalue weighted by molar-refractivity contribution is 6.30. The molecule has 0 bridgehead atoms. The largest absolute Gasteiger partial charge is 0.397 e. The van der Waals surface area contributed by atoms with Crippen molar-refractivity contribution in [1.29, 1.82) is 0 Å². The highest BCUT2D eigenvalue weighted by atomic mass is 35.5. The predicted molar refractivity (Wildman–Crippen MR) is 125 cm³/mol. The van der Waals surface area contributed by atoms with Crippen LogP contribution in [0.15, 0.2) is 66.7 Å². The summed E-state index contributed by atoms with van der Waals surface area (Å²) < 4.78 is 0. The lowest BCUT2D eigenvalue weighted by Gasteiger charge is -2.22. The first kappa shape index (κ1) is 20.8. The van der Waals surface area contributed by atoms with E-state index in [0.717, 1.165) is 29.7 Å². The van der Waals surface area contributed by atoms with E-state index >= 15 is 0 Å². The Morgan fingerprint density at radius 1 is 1.06 bits per heavy atom. The third-order valence-corrected chi connectivity index (χ3v) is 5.76. The zero-order chi connectivity index (χ0) is 22.0. The number of hydrogen-bond acceptors (Lipinski definition) is 3. The number of aryl methyl sites for hydroxylation is 1. The summed E-state index contributed by atoms with van der Waals surface area (Å²) in [5.41, 5.74) is 10.4. The lowest BCUT2D eigenvalue weighted by molar-refractivity contribution is 0.102. The molecule has 0 aromatic heterocycles. The van der Waals surface area contributed by atoms with Gasteiger partial charge in [-0.2, -0.15) is 0 Å². The number of amides is 3. The highest BCUT2D eigenvalue weighted by Gasteiger charge is 2.26. The van der Waals surface area contributed by atoms with Gasteiger partial charge >= 0.3 is 6.03 Å². The number of benzene rings is 3. The van der Waals surface area contributed by atoms with Crippen molar-refractivity contribution in [1.82, 2.24) is 5.32 Å². The number of nitrogens with two attached hydrogens (primary N) is 1. The Hall–Kier alpha value is -3.51. The third kappa shape index (κ3) is 4.49. The monoisotopic (exact) mass is 434 g/mol. The topological polar surface area (TPSA) is 87.5 Å². The maximum atomic E-state index is 12.7. The molecule has 1 aliphatic rings. The minimum absolute atomic E-state index is 0.0980. The number of hydrogen-bond donors (Lipinski definition) is 3. The van der Waals surface area contributed by atoms with Crippen LogP contribution in [0, 0.1) is 0 Å². The molecule has 0 saturated carbocycles. The minimum atomic E-state index is -0.212. The Labute approximate surface area is 186 Å². The molecule has 4 N–H and O–H groups in total. The molecular formula is C24H23ClN4O2. The Morgan fingerprint density at radius 2 is 1.81 bits per heavy atom. The lowest BCUT2D eigenvalue weighted by Crippen LogP contribution is -2.38. The fraction of sp³-hybridized carbons (Fsp3) is 0.167. The van der Waals surface area contributed by atoms with Crippen LogP contribution >= 0.6 is 11.6 Å². The van der Waals surface area contributed by atoms with Gasteiger partial charge < -0.3 is 16.4 Å². The maximum absolute atomic E-state index is 12.7. The van der Waals surface area contributed by atoms with E-state index in [4.69, 9.17) is 17.3 Å². The van der Waals surface area contributed by atoms with Crippen molar-refractivity contribution >= 4 is 40.6 Å². The molecule has 0 aliphatic heterocycles. The second-order valence-electron chi connectivity index (χ2n) is 7.53. The van der Waals surface area contributed by atoms with Gasteiger partial charge in [0.1, 0.15) is 0 Å². The number of carbonyl (C=O) groups excluding carboxylic acids is 2. The van der Waals surface area contributed by atoms with Gasteiger partial charge in [-0.25, -0.2) is 4.79 Å². The van der Waals surface area contributed by atoms with Crippen LogP contribution in [0.25, 0.3) is 0 Å². The summed E-state index contributed by atoms with van der Waals surface area (Å²) in [4.78, 5) is 26.9. The number of rotatable bonds is 4. The van der Waals surface area contributed by atoms with Crippen LogP contribution < -0.4 is 21.3 Å². The van der Waals surface area contributed by atoms with Crippen LogP contribution in [-0.4, -0.2) is 19.0 Å². The molecule has 0 heterocycles. The standard InChI is InChI=1S/C24H23ClN4O2/c1-29(18-10-8-17(25)9-11-18)24(31)28-21-13-7-15-14-16(6-12-19(15)21)23(30)27-22-5-3-2-4-20(22)26/h2-6,8-12,14,21H,7,13,26H2,1H3,(H,27,30)(H,28,31). The van der Waals surface area contributed by atoms with E-state index in [1.807, 2.05) is 24.3 Å². The smallest absolute Gasteiger partial charge is 0.322 e. The Balaban J connectivity index is 1.44. The molecule has 3 aromatic rings. The van der Waals surface area contributed by atoms with E-state index in [2.05, 4.69) is 10.6 Å². The van der Waals surface area contributed by atoms with Gasteiger partial charge in [0.05, 0.1) is 17.4 Å². The summed E-state index contributed by atoms with van der Waals surface area (Å²) in [5.74, 6) is -0.212. The van der Waals surface area contributed by atoms with Gasteiger partial charge in [0, 0.05) is 23.3 Å². The number of nitrogens with zero attached hydrogens (tertiary/aromatic N) is 1. The summed E-state index contributed by atoms with van der Waals surface area (Å²) in [5, 5.41) is 6.55. The van der Waals surface area contributed by atoms with Gasteiger partial charge in [-0.05, 0) is 72.5 Å². The number of nitrogen functional groups attached to an aromatic ring is 1. The van der Waals surface area contributed by atoms with E-state index in [0.29, 0.717) is 22.0 Å². The van der Waals surface area contributed by atoms with Gasteiger partial charge in [-0.15, -0.1) is 0 Å². The van der Waals surface area contributed by atoms with Crippen LogP contribution in [0.4, 0.5) is 21.9 Å².